The molecule has 0 radical (unpaired) electrons. The first-order chi connectivity index (χ1) is 17.6. The monoisotopic (exact) mass is 515 g/mol. The number of halogens is 2. The summed E-state index contributed by atoms with van der Waals surface area (Å²) in [4.78, 5) is 34.9. The number of pyridine rings is 1. The van der Waals surface area contributed by atoms with Gasteiger partial charge in [0.2, 0.25) is 0 Å². The van der Waals surface area contributed by atoms with Gasteiger partial charge in [-0.15, -0.1) is 0 Å². The van der Waals surface area contributed by atoms with Crippen LogP contribution >= 0.6 is 0 Å². The fraction of sp³-hybridized carbons (Fsp3) is 0.360. The van der Waals surface area contributed by atoms with Gasteiger partial charge in [-0.2, -0.15) is 13.8 Å². The van der Waals surface area contributed by atoms with Crippen molar-refractivity contribution in [2.24, 2.45) is 7.05 Å². The van der Waals surface area contributed by atoms with E-state index in [9.17, 15) is 23.5 Å². The molecule has 37 heavy (non-hydrogen) atoms. The van der Waals surface area contributed by atoms with E-state index in [1.165, 1.54) is 47.4 Å². The molecule has 0 aliphatic carbocycles. The number of imidazole rings is 1. The van der Waals surface area contributed by atoms with Crippen molar-refractivity contribution in [2.45, 2.75) is 45.9 Å². The van der Waals surface area contributed by atoms with Gasteiger partial charge < -0.3 is 14.6 Å². The van der Waals surface area contributed by atoms with Crippen LogP contribution in [0, 0.1) is 6.92 Å². The lowest BCUT2D eigenvalue weighted by Crippen LogP contribution is -2.39. The number of rotatable bonds is 10. The number of ether oxygens (including phenoxy) is 2. The molecule has 10 nitrogen and oxygen atoms in total. The Labute approximate surface area is 210 Å². The van der Waals surface area contributed by atoms with E-state index >= 15 is 0 Å². The Morgan fingerprint density at radius 2 is 1.86 bits per heavy atom. The predicted molar refractivity (Wildman–Crippen MR) is 131 cm³/mol. The Bertz CT molecular complexity index is 1540. The first-order valence-corrected chi connectivity index (χ1v) is 11.7. The van der Waals surface area contributed by atoms with Crippen molar-refractivity contribution in [3.8, 4) is 17.5 Å². The summed E-state index contributed by atoms with van der Waals surface area (Å²) < 4.78 is 42.0. The van der Waals surface area contributed by atoms with Crippen molar-refractivity contribution in [3.63, 3.8) is 0 Å². The van der Waals surface area contributed by atoms with Crippen LogP contribution in [0.1, 0.15) is 30.9 Å². The van der Waals surface area contributed by atoms with Gasteiger partial charge in [0.1, 0.15) is 11.5 Å². The van der Waals surface area contributed by atoms with Crippen LogP contribution in [0.5, 0.6) is 17.5 Å². The van der Waals surface area contributed by atoms with Crippen molar-refractivity contribution in [1.29, 1.82) is 0 Å². The van der Waals surface area contributed by atoms with Gasteiger partial charge in [0.05, 0.1) is 6.54 Å². The van der Waals surface area contributed by atoms with Gasteiger partial charge in [-0.1, -0.05) is 19.1 Å². The molecule has 0 atom stereocenters. The van der Waals surface area contributed by atoms with Gasteiger partial charge in [0.25, 0.3) is 5.56 Å². The molecule has 3 heterocycles. The molecule has 1 aromatic carbocycles. The lowest BCUT2D eigenvalue weighted by molar-refractivity contribution is -0.177. The molecular formula is C25H27F2N5O5. The highest BCUT2D eigenvalue weighted by Gasteiger charge is 2.29. The zero-order chi connectivity index (χ0) is 26.7. The molecule has 12 heteroatoms. The minimum absolute atomic E-state index is 0.0241. The summed E-state index contributed by atoms with van der Waals surface area (Å²) in [5, 5.41) is 9.22. The number of fused-ring (bicyclic) bond motifs is 1. The van der Waals surface area contributed by atoms with Gasteiger partial charge in [0.15, 0.2) is 11.2 Å². The van der Waals surface area contributed by atoms with E-state index in [1.807, 2.05) is 13.0 Å². The Balaban J connectivity index is 1.86. The van der Waals surface area contributed by atoms with Crippen molar-refractivity contribution in [2.75, 3.05) is 6.61 Å². The molecule has 1 N–H and O–H groups in total. The molecule has 0 spiro atoms. The van der Waals surface area contributed by atoms with Crippen molar-refractivity contribution < 1.29 is 23.4 Å². The van der Waals surface area contributed by atoms with Gasteiger partial charge in [0, 0.05) is 45.1 Å². The van der Waals surface area contributed by atoms with Crippen LogP contribution in [0.4, 0.5) is 8.78 Å². The van der Waals surface area contributed by atoms with Crippen LogP contribution in [-0.2, 0) is 20.1 Å². The summed E-state index contributed by atoms with van der Waals surface area (Å²) in [6, 6.07) is 7.55. The molecular weight excluding hydrogens is 488 g/mol. The first kappa shape index (κ1) is 26.0. The molecule has 0 aliphatic rings. The number of aryl methyl sites for hydroxylation is 2. The average molecular weight is 516 g/mol. The van der Waals surface area contributed by atoms with Gasteiger partial charge >= 0.3 is 17.8 Å². The Hall–Kier alpha value is -4.06. The van der Waals surface area contributed by atoms with E-state index in [2.05, 4.69) is 9.97 Å². The molecule has 0 bridgehead atoms. The molecule has 3 aromatic heterocycles. The van der Waals surface area contributed by atoms with Crippen molar-refractivity contribution in [3.05, 3.63) is 74.7 Å². The second-order valence-corrected chi connectivity index (χ2v) is 8.57. The lowest BCUT2D eigenvalue weighted by atomic mass is 10.2. The molecule has 0 aliphatic heterocycles. The maximum atomic E-state index is 13.8. The summed E-state index contributed by atoms with van der Waals surface area (Å²) in [6.45, 7) is 3.16. The lowest BCUT2D eigenvalue weighted by Gasteiger charge is -2.16. The van der Waals surface area contributed by atoms with Crippen molar-refractivity contribution in [1.82, 2.24) is 23.7 Å². The minimum Gasteiger partial charge on any atom is -0.432 e. The highest BCUT2D eigenvalue weighted by molar-refractivity contribution is 5.72. The molecule has 0 saturated heterocycles. The van der Waals surface area contributed by atoms with E-state index in [-0.39, 0.29) is 54.8 Å². The summed E-state index contributed by atoms with van der Waals surface area (Å²) in [6.07, 6.45) is -0.307. The Kier molecular flexibility index (Phi) is 7.39. The normalized spacial score (nSPS) is 11.7. The molecule has 0 fully saturated rings. The SMILES string of the molecule is CCC(F)(F)Oc1cccc(Oc2nc3c(c(=O)n(CCCO)c(=O)n3C)n2Cc2cncc(C)c2)c1. The zero-order valence-corrected chi connectivity index (χ0v) is 20.6. The highest BCUT2D eigenvalue weighted by atomic mass is 19.3. The van der Waals surface area contributed by atoms with E-state index in [0.29, 0.717) is 0 Å². The van der Waals surface area contributed by atoms with Gasteiger partial charge in [-0.05, 0) is 36.6 Å². The van der Waals surface area contributed by atoms with Crippen LogP contribution in [0.2, 0.25) is 0 Å². The number of nitrogens with zero attached hydrogens (tertiary/aromatic N) is 5. The van der Waals surface area contributed by atoms with E-state index in [0.717, 1.165) is 15.7 Å². The maximum Gasteiger partial charge on any atom is 0.397 e. The first-order valence-electron chi connectivity index (χ1n) is 11.7. The fourth-order valence-electron chi connectivity index (χ4n) is 3.84. The summed E-state index contributed by atoms with van der Waals surface area (Å²) >= 11 is 0. The van der Waals surface area contributed by atoms with E-state index < -0.39 is 23.8 Å². The van der Waals surface area contributed by atoms with Crippen LogP contribution in [0.25, 0.3) is 11.2 Å². The third kappa shape index (κ3) is 5.53. The molecule has 4 rings (SSSR count). The van der Waals surface area contributed by atoms with Crippen LogP contribution in [0.15, 0.2) is 52.3 Å². The van der Waals surface area contributed by atoms with Crippen LogP contribution in [-0.4, -0.2) is 41.5 Å². The van der Waals surface area contributed by atoms with E-state index in [1.54, 1.807) is 12.4 Å². The topological polar surface area (TPSA) is 113 Å². The van der Waals surface area contributed by atoms with Crippen molar-refractivity contribution >= 4 is 11.2 Å². The summed E-state index contributed by atoms with van der Waals surface area (Å²) in [5.41, 5.74) is 0.681. The van der Waals surface area contributed by atoms with Gasteiger partial charge in [-0.3, -0.25) is 23.5 Å². The zero-order valence-electron chi connectivity index (χ0n) is 20.6. The second kappa shape index (κ2) is 10.5. The third-order valence-corrected chi connectivity index (χ3v) is 5.70. The van der Waals surface area contributed by atoms with Crippen LogP contribution < -0.4 is 20.7 Å². The Morgan fingerprint density at radius 3 is 2.57 bits per heavy atom. The molecule has 4 aromatic rings. The number of benzene rings is 1. The fourth-order valence-corrected chi connectivity index (χ4v) is 3.84. The molecule has 196 valence electrons. The second-order valence-electron chi connectivity index (χ2n) is 8.57. The number of hydrogen-bond donors (Lipinski definition) is 1. The molecule has 0 amide bonds. The smallest absolute Gasteiger partial charge is 0.397 e. The largest absolute Gasteiger partial charge is 0.432 e. The standard InChI is InChI=1S/C25H27F2N5O5/c1-4-25(26,27)37-19-8-5-7-18(12-19)36-23-29-21-20(32(23)15-17-11-16(2)13-28-14-17)22(34)31(9-6-10-33)24(35)30(21)3/h5,7-8,11-14,33H,4,6,9-10,15H2,1-3H3. The average Bonchev–Trinajstić information content (AvgIpc) is 3.20. The number of aliphatic hydroxyl groups excluding tert-OH is 1. The highest BCUT2D eigenvalue weighted by Crippen LogP contribution is 2.30. The minimum atomic E-state index is -3.35. The number of hydrogen-bond acceptors (Lipinski definition) is 7. The number of aromatic nitrogens is 5. The van der Waals surface area contributed by atoms with Crippen LogP contribution in [0.3, 0.4) is 0 Å². The summed E-state index contributed by atoms with van der Waals surface area (Å²) in [5.74, 6) is 0.0441. The molecule has 0 unspecified atom stereocenters. The quantitative estimate of drug-likeness (QED) is 0.345. The molecule has 0 saturated carbocycles. The number of alkyl halides is 2. The maximum absolute atomic E-state index is 13.8. The van der Waals surface area contributed by atoms with Gasteiger partial charge in [-0.25, -0.2) is 4.79 Å². The third-order valence-electron chi connectivity index (χ3n) is 5.70. The predicted octanol–water partition coefficient (Wildman–Crippen LogP) is 3.20. The number of aliphatic hydroxyl groups is 1. The Morgan fingerprint density at radius 1 is 1.11 bits per heavy atom. The van der Waals surface area contributed by atoms with E-state index in [4.69, 9.17) is 9.47 Å². The summed E-state index contributed by atoms with van der Waals surface area (Å²) in [7, 11) is 1.48.